The topological polar surface area (TPSA) is 69.2 Å². The van der Waals surface area contributed by atoms with Crippen molar-refractivity contribution in [3.05, 3.63) is 0 Å². The van der Waals surface area contributed by atoms with Gasteiger partial charge in [0, 0.05) is 53.5 Å². The second-order valence-corrected chi connectivity index (χ2v) is 6.52. The summed E-state index contributed by atoms with van der Waals surface area (Å²) in [6.45, 7) is 10.0. The first kappa shape index (κ1) is 21.7. The van der Waals surface area contributed by atoms with Crippen molar-refractivity contribution in [1.29, 1.82) is 0 Å². The summed E-state index contributed by atoms with van der Waals surface area (Å²) in [7, 11) is 3.68. The Hall–Kier alpha value is -1.34. The maximum Gasteiger partial charge on any atom is 0.239 e. The Morgan fingerprint density at radius 3 is 2.76 bits per heavy atom. The Labute approximate surface area is 153 Å². The lowest BCUT2D eigenvalue weighted by Crippen LogP contribution is -2.44. The number of rotatable bonds is 11. The molecule has 1 amide bonds. The molecule has 0 spiro atoms. The molecule has 1 aliphatic heterocycles. The highest BCUT2D eigenvalue weighted by atomic mass is 16.5. The van der Waals surface area contributed by atoms with E-state index in [1.54, 1.807) is 4.90 Å². The molecule has 0 aliphatic carbocycles. The van der Waals surface area contributed by atoms with E-state index in [1.165, 1.54) is 0 Å². The van der Waals surface area contributed by atoms with Crippen LogP contribution in [0.25, 0.3) is 0 Å². The van der Waals surface area contributed by atoms with E-state index in [1.807, 2.05) is 21.0 Å². The zero-order valence-electron chi connectivity index (χ0n) is 16.5. The molecular formula is C18H37N5O2. The summed E-state index contributed by atoms with van der Waals surface area (Å²) in [5, 5.41) is 6.65. The molecule has 1 aliphatic rings. The molecule has 0 saturated carbocycles. The van der Waals surface area contributed by atoms with Crippen molar-refractivity contribution in [2.24, 2.45) is 4.99 Å². The molecule has 1 heterocycles. The van der Waals surface area contributed by atoms with Crippen molar-refractivity contribution < 1.29 is 9.53 Å². The number of carbonyl (C=O) groups excluding carboxylic acids is 1. The molecule has 1 rings (SSSR count). The van der Waals surface area contributed by atoms with Gasteiger partial charge in [-0.1, -0.05) is 0 Å². The summed E-state index contributed by atoms with van der Waals surface area (Å²) in [5.74, 6) is 1.09. The highest BCUT2D eigenvalue weighted by molar-refractivity contribution is 5.81. The van der Waals surface area contributed by atoms with Gasteiger partial charge in [0.15, 0.2) is 5.96 Å². The largest absolute Gasteiger partial charge is 0.382 e. The molecule has 146 valence electrons. The average Bonchev–Trinajstić information content (AvgIpc) is 3.05. The molecule has 1 atom stereocenters. The van der Waals surface area contributed by atoms with Crippen molar-refractivity contribution in [2.75, 3.05) is 60.0 Å². The molecule has 2 N–H and O–H groups in total. The van der Waals surface area contributed by atoms with E-state index in [4.69, 9.17) is 4.74 Å². The Balaban J connectivity index is 2.28. The number of nitrogens with one attached hydrogen (secondary N) is 2. The van der Waals surface area contributed by atoms with Crippen molar-refractivity contribution in [1.82, 2.24) is 20.4 Å². The fraction of sp³-hybridized carbons (Fsp3) is 0.889. The van der Waals surface area contributed by atoms with Crippen LogP contribution in [0.1, 0.15) is 39.5 Å². The third kappa shape index (κ3) is 8.54. The van der Waals surface area contributed by atoms with Gasteiger partial charge >= 0.3 is 0 Å². The quantitative estimate of drug-likeness (QED) is 0.328. The summed E-state index contributed by atoms with van der Waals surface area (Å²) < 4.78 is 5.33. The Kier molecular flexibility index (Phi) is 11.2. The molecule has 25 heavy (non-hydrogen) atoms. The van der Waals surface area contributed by atoms with Gasteiger partial charge in [0.2, 0.25) is 5.91 Å². The van der Waals surface area contributed by atoms with E-state index >= 15 is 0 Å². The first-order valence-electron chi connectivity index (χ1n) is 9.65. The van der Waals surface area contributed by atoms with Gasteiger partial charge < -0.3 is 20.3 Å². The fourth-order valence-electron chi connectivity index (χ4n) is 3.00. The van der Waals surface area contributed by atoms with Crippen molar-refractivity contribution in [2.45, 2.75) is 45.6 Å². The number of carbonyl (C=O) groups is 1. The number of amides is 1. The summed E-state index contributed by atoms with van der Waals surface area (Å²) in [4.78, 5) is 20.8. The van der Waals surface area contributed by atoms with Gasteiger partial charge in [0.05, 0.1) is 6.04 Å². The van der Waals surface area contributed by atoms with Crippen LogP contribution in [0, 0.1) is 0 Å². The zero-order valence-corrected chi connectivity index (χ0v) is 16.5. The predicted octanol–water partition coefficient (Wildman–Crippen LogP) is 0.911. The lowest BCUT2D eigenvalue weighted by atomic mass is 10.2. The molecule has 0 aromatic rings. The van der Waals surface area contributed by atoms with E-state index in [9.17, 15) is 4.79 Å². The second kappa shape index (κ2) is 12.9. The number of ether oxygens (including phenoxy) is 1. The zero-order chi connectivity index (χ0) is 18.5. The third-order valence-corrected chi connectivity index (χ3v) is 4.27. The van der Waals surface area contributed by atoms with Gasteiger partial charge in [-0.2, -0.15) is 0 Å². The summed E-state index contributed by atoms with van der Waals surface area (Å²) in [6.07, 6.45) is 4.03. The Bertz CT molecular complexity index is 401. The molecule has 1 fully saturated rings. The van der Waals surface area contributed by atoms with Crippen molar-refractivity contribution >= 4 is 11.9 Å². The minimum absolute atomic E-state index is 0.0652. The van der Waals surface area contributed by atoms with Gasteiger partial charge in [-0.3, -0.25) is 14.7 Å². The van der Waals surface area contributed by atoms with Crippen LogP contribution in [-0.4, -0.2) is 87.7 Å². The number of hydrogen-bond donors (Lipinski definition) is 2. The number of aliphatic imine (C=N–C) groups is 1. The van der Waals surface area contributed by atoms with Crippen molar-refractivity contribution in [3.63, 3.8) is 0 Å². The third-order valence-electron chi connectivity index (χ3n) is 4.27. The standard InChI is InChI=1S/C18H37N5O2/c1-5-19-18(21-12-9-15-25-6-2)20-11-8-14-23-13-7-10-16(23)17(24)22(3)4/h16H,5-15H2,1-4H3,(H2,19,20,21). The lowest BCUT2D eigenvalue weighted by molar-refractivity contribution is -0.133. The van der Waals surface area contributed by atoms with Crippen LogP contribution in [0.5, 0.6) is 0 Å². The minimum Gasteiger partial charge on any atom is -0.382 e. The summed E-state index contributed by atoms with van der Waals surface area (Å²) in [6, 6.07) is 0.0652. The number of likely N-dealkylation sites (tertiary alicyclic amines) is 1. The lowest BCUT2D eigenvalue weighted by Gasteiger charge is -2.26. The maximum absolute atomic E-state index is 12.2. The predicted molar refractivity (Wildman–Crippen MR) is 103 cm³/mol. The second-order valence-electron chi connectivity index (χ2n) is 6.52. The molecule has 7 nitrogen and oxygen atoms in total. The monoisotopic (exact) mass is 355 g/mol. The van der Waals surface area contributed by atoms with E-state index in [0.29, 0.717) is 0 Å². The highest BCUT2D eigenvalue weighted by Gasteiger charge is 2.30. The fourth-order valence-corrected chi connectivity index (χ4v) is 3.00. The van der Waals surface area contributed by atoms with Crippen LogP contribution in [0.2, 0.25) is 0 Å². The summed E-state index contributed by atoms with van der Waals surface area (Å²) in [5.41, 5.74) is 0. The molecule has 1 saturated heterocycles. The molecule has 0 aromatic carbocycles. The molecule has 7 heteroatoms. The van der Waals surface area contributed by atoms with Gasteiger partial charge in [-0.15, -0.1) is 0 Å². The average molecular weight is 356 g/mol. The molecule has 0 radical (unpaired) electrons. The summed E-state index contributed by atoms with van der Waals surface area (Å²) >= 11 is 0. The van der Waals surface area contributed by atoms with Crippen LogP contribution in [-0.2, 0) is 9.53 Å². The van der Waals surface area contributed by atoms with Crippen LogP contribution in [0.3, 0.4) is 0 Å². The van der Waals surface area contributed by atoms with Gasteiger partial charge in [-0.25, -0.2) is 0 Å². The number of hydrogen-bond acceptors (Lipinski definition) is 4. The van der Waals surface area contributed by atoms with E-state index in [2.05, 4.69) is 27.4 Å². The van der Waals surface area contributed by atoms with Gasteiger partial charge in [-0.05, 0) is 46.1 Å². The Morgan fingerprint density at radius 2 is 2.08 bits per heavy atom. The van der Waals surface area contributed by atoms with Gasteiger partial charge in [0.25, 0.3) is 0 Å². The normalized spacial score (nSPS) is 18.4. The molecule has 0 bridgehead atoms. The minimum atomic E-state index is 0.0652. The maximum atomic E-state index is 12.2. The number of nitrogens with zero attached hydrogens (tertiary/aromatic N) is 3. The SMILES string of the molecule is CCNC(=NCCCOCC)NCCCN1CCCC1C(=O)N(C)C. The smallest absolute Gasteiger partial charge is 0.239 e. The van der Waals surface area contributed by atoms with Crippen molar-refractivity contribution in [3.8, 4) is 0 Å². The van der Waals surface area contributed by atoms with Gasteiger partial charge in [0.1, 0.15) is 0 Å². The van der Waals surface area contributed by atoms with E-state index in [0.717, 1.165) is 77.6 Å². The highest BCUT2D eigenvalue weighted by Crippen LogP contribution is 2.18. The van der Waals surface area contributed by atoms with Crippen LogP contribution in [0.15, 0.2) is 4.99 Å². The van der Waals surface area contributed by atoms with Crippen LogP contribution >= 0.6 is 0 Å². The first-order valence-corrected chi connectivity index (χ1v) is 9.65. The Morgan fingerprint density at radius 1 is 1.28 bits per heavy atom. The van der Waals surface area contributed by atoms with E-state index < -0.39 is 0 Å². The van der Waals surface area contributed by atoms with Crippen LogP contribution < -0.4 is 10.6 Å². The van der Waals surface area contributed by atoms with Crippen LogP contribution in [0.4, 0.5) is 0 Å². The number of guanidine groups is 1. The van der Waals surface area contributed by atoms with E-state index in [-0.39, 0.29) is 11.9 Å². The molecule has 1 unspecified atom stereocenters. The first-order chi connectivity index (χ1) is 12.1. The molecular weight excluding hydrogens is 318 g/mol. The molecule has 0 aromatic heterocycles. The number of likely N-dealkylation sites (N-methyl/N-ethyl adjacent to an activating group) is 1.